The Bertz CT molecular complexity index is 427. The first kappa shape index (κ1) is 8.06. The van der Waals surface area contributed by atoms with Crippen molar-refractivity contribution in [3.63, 3.8) is 0 Å². The first-order valence-electron chi connectivity index (χ1n) is 4.41. The van der Waals surface area contributed by atoms with Gasteiger partial charge in [0.1, 0.15) is 0 Å². The lowest BCUT2D eigenvalue weighted by Crippen LogP contribution is -1.81. The number of hydrogen-bond donors (Lipinski definition) is 0. The summed E-state index contributed by atoms with van der Waals surface area (Å²) in [7, 11) is 0. The van der Waals surface area contributed by atoms with Crippen molar-refractivity contribution in [2.24, 2.45) is 0 Å². The van der Waals surface area contributed by atoms with E-state index in [9.17, 15) is 0 Å². The van der Waals surface area contributed by atoms with E-state index in [-0.39, 0.29) is 0 Å². The largest absolute Gasteiger partial charge is 0.103 e. The van der Waals surface area contributed by atoms with Crippen LogP contribution in [0.2, 0.25) is 0 Å². The van der Waals surface area contributed by atoms with Crippen molar-refractivity contribution in [1.29, 1.82) is 0 Å². The smallest absolute Gasteiger partial charge is 0.00610 e. The van der Waals surface area contributed by atoms with Gasteiger partial charge in [-0.2, -0.15) is 0 Å². The van der Waals surface area contributed by atoms with Gasteiger partial charge >= 0.3 is 0 Å². The van der Waals surface area contributed by atoms with Gasteiger partial charge in [-0.25, -0.2) is 0 Å². The molecule has 0 spiro atoms. The predicted octanol–water partition coefficient (Wildman–Crippen LogP) is 3.37. The molecule has 63 valence electrons. The lowest BCUT2D eigenvalue weighted by molar-refractivity contribution is 1.28. The molecule has 0 fully saturated rings. The summed E-state index contributed by atoms with van der Waals surface area (Å²) in [6.45, 7) is 3.72. The molecule has 2 aromatic rings. The molecule has 2 rings (SSSR count). The standard InChI is InChI=1S/C13H11/c1-2-5-11-8-9-12-6-3-4-7-13(12)10-11/h2-4,6-9H,1,5H2. The highest BCUT2D eigenvalue weighted by Crippen LogP contribution is 2.14. The Morgan fingerprint density at radius 2 is 2.00 bits per heavy atom. The van der Waals surface area contributed by atoms with E-state index in [4.69, 9.17) is 0 Å². The number of hydrogen-bond acceptors (Lipinski definition) is 0. The highest BCUT2D eigenvalue weighted by molar-refractivity contribution is 5.82. The number of allylic oxidation sites excluding steroid dienone is 1. The maximum Gasteiger partial charge on any atom is -0.00610 e. The molecule has 0 saturated carbocycles. The Balaban J connectivity index is 2.55. The van der Waals surface area contributed by atoms with Crippen LogP contribution in [0.3, 0.4) is 0 Å². The topological polar surface area (TPSA) is 0 Å². The predicted molar refractivity (Wildman–Crippen MR) is 56.7 cm³/mol. The Labute approximate surface area is 78.5 Å². The summed E-state index contributed by atoms with van der Waals surface area (Å²) in [6.07, 6.45) is 2.80. The van der Waals surface area contributed by atoms with E-state index < -0.39 is 0 Å². The average molecular weight is 167 g/mol. The van der Waals surface area contributed by atoms with Crippen LogP contribution < -0.4 is 0 Å². The zero-order valence-electron chi connectivity index (χ0n) is 7.46. The molecule has 0 atom stereocenters. The highest BCUT2D eigenvalue weighted by atomic mass is 14.0. The van der Waals surface area contributed by atoms with Crippen molar-refractivity contribution < 1.29 is 0 Å². The first-order chi connectivity index (χ1) is 6.40. The molecule has 0 heteroatoms. The minimum absolute atomic E-state index is 0.894. The second-order valence-corrected chi connectivity index (χ2v) is 3.06. The minimum Gasteiger partial charge on any atom is -0.103 e. The number of benzene rings is 2. The third-order valence-electron chi connectivity index (χ3n) is 2.08. The molecule has 2 aromatic carbocycles. The molecule has 0 heterocycles. The lowest BCUT2D eigenvalue weighted by atomic mass is 10.1. The van der Waals surface area contributed by atoms with Crippen LogP contribution in [-0.2, 0) is 6.42 Å². The molecule has 0 unspecified atom stereocenters. The van der Waals surface area contributed by atoms with E-state index in [0.29, 0.717) is 0 Å². The molecular weight excluding hydrogens is 156 g/mol. The van der Waals surface area contributed by atoms with Gasteiger partial charge in [-0.1, -0.05) is 42.5 Å². The van der Waals surface area contributed by atoms with Crippen molar-refractivity contribution in [2.75, 3.05) is 0 Å². The van der Waals surface area contributed by atoms with Crippen LogP contribution in [0.4, 0.5) is 0 Å². The third kappa shape index (κ3) is 1.62. The van der Waals surface area contributed by atoms with Crippen LogP contribution in [0.15, 0.2) is 49.1 Å². The van der Waals surface area contributed by atoms with E-state index in [1.54, 1.807) is 0 Å². The summed E-state index contributed by atoms with van der Waals surface area (Å²) in [5.74, 6) is 0. The molecule has 0 bridgehead atoms. The summed E-state index contributed by atoms with van der Waals surface area (Å²) < 4.78 is 0. The summed E-state index contributed by atoms with van der Waals surface area (Å²) in [6, 6.07) is 15.9. The van der Waals surface area contributed by atoms with Crippen molar-refractivity contribution in [1.82, 2.24) is 0 Å². The molecule has 13 heavy (non-hydrogen) atoms. The maximum atomic E-state index is 3.72. The van der Waals surface area contributed by atoms with Gasteiger partial charge < -0.3 is 0 Å². The number of fused-ring (bicyclic) bond motifs is 1. The Hall–Kier alpha value is -1.56. The van der Waals surface area contributed by atoms with E-state index in [0.717, 1.165) is 6.42 Å². The highest BCUT2D eigenvalue weighted by Gasteiger charge is 1.93. The van der Waals surface area contributed by atoms with Crippen molar-refractivity contribution in [3.05, 3.63) is 60.7 Å². The zero-order valence-corrected chi connectivity index (χ0v) is 7.46. The quantitative estimate of drug-likeness (QED) is 0.601. The van der Waals surface area contributed by atoms with Crippen LogP contribution >= 0.6 is 0 Å². The van der Waals surface area contributed by atoms with E-state index in [1.807, 2.05) is 18.2 Å². The van der Waals surface area contributed by atoms with Gasteiger partial charge in [0.15, 0.2) is 0 Å². The van der Waals surface area contributed by atoms with Crippen LogP contribution in [-0.4, -0.2) is 0 Å². The van der Waals surface area contributed by atoms with Gasteiger partial charge in [-0.05, 0) is 28.8 Å². The second kappa shape index (κ2) is 3.44. The maximum absolute atomic E-state index is 3.72. The number of rotatable bonds is 2. The second-order valence-electron chi connectivity index (χ2n) is 3.06. The lowest BCUT2D eigenvalue weighted by Gasteiger charge is -1.99. The molecule has 1 radical (unpaired) electrons. The minimum atomic E-state index is 0.894. The molecule has 0 amide bonds. The van der Waals surface area contributed by atoms with Gasteiger partial charge in [-0.3, -0.25) is 0 Å². The van der Waals surface area contributed by atoms with E-state index in [2.05, 4.69) is 36.9 Å². The van der Waals surface area contributed by atoms with Gasteiger partial charge in [0, 0.05) is 0 Å². The average Bonchev–Trinajstić information content (AvgIpc) is 2.18. The van der Waals surface area contributed by atoms with E-state index >= 15 is 0 Å². The molecule has 0 nitrogen and oxygen atoms in total. The van der Waals surface area contributed by atoms with Crippen LogP contribution in [0.25, 0.3) is 10.8 Å². The van der Waals surface area contributed by atoms with Crippen molar-refractivity contribution in [2.45, 2.75) is 6.42 Å². The Morgan fingerprint density at radius 1 is 1.15 bits per heavy atom. The fourth-order valence-corrected chi connectivity index (χ4v) is 1.44. The van der Waals surface area contributed by atoms with Crippen LogP contribution in [0, 0.1) is 6.07 Å². The molecular formula is C13H11. The zero-order chi connectivity index (χ0) is 9.10. The Morgan fingerprint density at radius 3 is 2.85 bits per heavy atom. The molecule has 0 N–H and O–H groups in total. The molecule has 0 saturated heterocycles. The van der Waals surface area contributed by atoms with Crippen molar-refractivity contribution >= 4 is 10.8 Å². The van der Waals surface area contributed by atoms with Crippen molar-refractivity contribution in [3.8, 4) is 0 Å². The van der Waals surface area contributed by atoms with Gasteiger partial charge in [0.25, 0.3) is 0 Å². The van der Waals surface area contributed by atoms with Gasteiger partial charge in [0.05, 0.1) is 0 Å². The van der Waals surface area contributed by atoms with Gasteiger partial charge in [-0.15, -0.1) is 6.58 Å². The molecule has 0 aromatic heterocycles. The third-order valence-corrected chi connectivity index (χ3v) is 2.08. The first-order valence-corrected chi connectivity index (χ1v) is 4.41. The van der Waals surface area contributed by atoms with Crippen LogP contribution in [0.5, 0.6) is 0 Å². The molecule has 0 aliphatic carbocycles. The molecule has 0 aliphatic heterocycles. The summed E-state index contributed by atoms with van der Waals surface area (Å²) in [5.41, 5.74) is 1.20. The monoisotopic (exact) mass is 167 g/mol. The molecule has 0 aliphatic rings. The fourth-order valence-electron chi connectivity index (χ4n) is 1.44. The fraction of sp³-hybridized carbons (Fsp3) is 0.0769. The summed E-state index contributed by atoms with van der Waals surface area (Å²) >= 11 is 0. The summed E-state index contributed by atoms with van der Waals surface area (Å²) in [4.78, 5) is 0. The van der Waals surface area contributed by atoms with E-state index in [1.165, 1.54) is 16.3 Å². The summed E-state index contributed by atoms with van der Waals surface area (Å²) in [5, 5.41) is 2.43. The Kier molecular flexibility index (Phi) is 2.13. The SMILES string of the molecule is C=CCc1[c]c2ccccc2cc1. The van der Waals surface area contributed by atoms with Crippen LogP contribution in [0.1, 0.15) is 5.56 Å². The van der Waals surface area contributed by atoms with Gasteiger partial charge in [0.2, 0.25) is 0 Å². The normalized spacial score (nSPS) is 10.2.